The van der Waals surface area contributed by atoms with Gasteiger partial charge in [-0.2, -0.15) is 0 Å². The van der Waals surface area contributed by atoms with Gasteiger partial charge in [0.05, 0.1) is 0 Å². The van der Waals surface area contributed by atoms with Gasteiger partial charge in [-0.3, -0.25) is 14.3 Å². The van der Waals surface area contributed by atoms with Crippen molar-refractivity contribution in [1.82, 2.24) is 9.96 Å². The average molecular weight is 274 g/mol. The van der Waals surface area contributed by atoms with E-state index in [2.05, 4.69) is 0 Å². The fourth-order valence-electron chi connectivity index (χ4n) is 1.19. The molecule has 0 aromatic rings. The highest BCUT2D eigenvalue weighted by Gasteiger charge is 2.44. The van der Waals surface area contributed by atoms with Crippen LogP contribution in [0.4, 0.5) is 0 Å². The van der Waals surface area contributed by atoms with E-state index in [9.17, 15) is 9.13 Å². The molecule has 0 aliphatic carbocycles. The van der Waals surface area contributed by atoms with Crippen LogP contribution in [-0.2, 0) is 9.13 Å². The SMILES string of the molecule is O=P(O)(O)C(CN1C=CN(O)C1)P(=O)(O)O. The van der Waals surface area contributed by atoms with E-state index in [1.807, 2.05) is 0 Å². The highest BCUT2D eigenvalue weighted by atomic mass is 31.2. The average Bonchev–Trinajstić information content (AvgIpc) is 2.43. The van der Waals surface area contributed by atoms with Crippen molar-refractivity contribution in [3.63, 3.8) is 0 Å². The van der Waals surface area contributed by atoms with E-state index >= 15 is 0 Å². The molecular formula is C5H12N2O7P2. The molecule has 1 aliphatic rings. The van der Waals surface area contributed by atoms with E-state index in [1.165, 1.54) is 17.3 Å². The largest absolute Gasteiger partial charge is 0.355 e. The van der Waals surface area contributed by atoms with Crippen LogP contribution < -0.4 is 0 Å². The molecule has 1 heterocycles. The molecule has 0 fully saturated rings. The quantitative estimate of drug-likeness (QED) is 0.412. The molecule has 5 N–H and O–H groups in total. The first-order chi connectivity index (χ1) is 7.10. The second kappa shape index (κ2) is 4.46. The summed E-state index contributed by atoms with van der Waals surface area (Å²) in [5, 5.41) is 7.57. The van der Waals surface area contributed by atoms with Crippen LogP contribution in [0.1, 0.15) is 0 Å². The van der Waals surface area contributed by atoms with Gasteiger partial charge in [0.25, 0.3) is 0 Å². The van der Waals surface area contributed by atoms with Crippen LogP contribution in [0.3, 0.4) is 0 Å². The Hall–Kier alpha value is -0.400. The van der Waals surface area contributed by atoms with Crippen molar-refractivity contribution >= 4 is 15.2 Å². The van der Waals surface area contributed by atoms with Gasteiger partial charge in [-0.25, -0.2) is 5.06 Å². The lowest BCUT2D eigenvalue weighted by atomic mass is 10.6. The van der Waals surface area contributed by atoms with Crippen LogP contribution in [0.25, 0.3) is 0 Å². The molecule has 0 saturated heterocycles. The minimum Gasteiger partial charge on any atom is -0.355 e. The highest BCUT2D eigenvalue weighted by molar-refractivity contribution is 7.70. The summed E-state index contributed by atoms with van der Waals surface area (Å²) in [5.74, 6) is 0. The zero-order chi connectivity index (χ0) is 12.6. The molecule has 0 aromatic heterocycles. The summed E-state index contributed by atoms with van der Waals surface area (Å²) in [6, 6.07) is 0. The molecule has 0 saturated carbocycles. The molecule has 0 unspecified atom stereocenters. The van der Waals surface area contributed by atoms with E-state index < -0.39 is 27.1 Å². The van der Waals surface area contributed by atoms with Crippen molar-refractivity contribution in [2.45, 2.75) is 5.40 Å². The number of nitrogens with zero attached hydrogens (tertiary/aromatic N) is 2. The normalized spacial score (nSPS) is 17.6. The lowest BCUT2D eigenvalue weighted by Gasteiger charge is -2.25. The molecule has 0 amide bonds. The molecule has 16 heavy (non-hydrogen) atoms. The van der Waals surface area contributed by atoms with Crippen molar-refractivity contribution in [3.05, 3.63) is 12.4 Å². The number of hydrogen-bond acceptors (Lipinski definition) is 5. The predicted octanol–water partition coefficient (Wildman–Crippen LogP) is -0.897. The Labute approximate surface area is 90.9 Å². The van der Waals surface area contributed by atoms with Gasteiger partial charge >= 0.3 is 15.2 Å². The summed E-state index contributed by atoms with van der Waals surface area (Å²) in [5.41, 5.74) is 0. The second-order valence-corrected chi connectivity index (χ2v) is 7.32. The zero-order valence-corrected chi connectivity index (χ0v) is 9.78. The first-order valence-corrected chi connectivity index (χ1v) is 7.45. The molecule has 11 heteroatoms. The lowest BCUT2D eigenvalue weighted by molar-refractivity contribution is -0.0542. The summed E-state index contributed by atoms with van der Waals surface area (Å²) >= 11 is 0. The topological polar surface area (TPSA) is 142 Å². The van der Waals surface area contributed by atoms with E-state index in [0.29, 0.717) is 0 Å². The summed E-state index contributed by atoms with van der Waals surface area (Å²) in [6.45, 7) is -0.640. The first kappa shape index (κ1) is 13.7. The van der Waals surface area contributed by atoms with Crippen molar-refractivity contribution in [3.8, 4) is 0 Å². The number of rotatable bonds is 4. The summed E-state index contributed by atoms with van der Waals surface area (Å²) < 4.78 is 21.8. The maximum absolute atomic E-state index is 10.9. The third kappa shape index (κ3) is 3.57. The maximum Gasteiger partial charge on any atom is 0.342 e. The van der Waals surface area contributed by atoms with Crippen molar-refractivity contribution in [2.24, 2.45) is 0 Å². The predicted molar refractivity (Wildman–Crippen MR) is 52.2 cm³/mol. The van der Waals surface area contributed by atoms with Crippen LogP contribution in [0, 0.1) is 0 Å². The Balaban J connectivity index is 2.78. The number of hydrogen-bond donors (Lipinski definition) is 5. The third-order valence-corrected chi connectivity index (χ3v) is 5.64. The molecule has 0 radical (unpaired) electrons. The third-order valence-electron chi connectivity index (χ3n) is 1.95. The van der Waals surface area contributed by atoms with Crippen molar-refractivity contribution in [2.75, 3.05) is 13.2 Å². The Morgan fingerprint density at radius 3 is 1.94 bits per heavy atom. The van der Waals surface area contributed by atoms with E-state index in [1.54, 1.807) is 0 Å². The van der Waals surface area contributed by atoms with Gasteiger partial charge in [-0.1, -0.05) is 0 Å². The smallest absolute Gasteiger partial charge is 0.342 e. The van der Waals surface area contributed by atoms with E-state index in [-0.39, 0.29) is 6.67 Å². The molecule has 94 valence electrons. The Bertz CT molecular complexity index is 351. The fourth-order valence-corrected chi connectivity index (χ4v) is 3.60. The zero-order valence-electron chi connectivity index (χ0n) is 7.99. The van der Waals surface area contributed by atoms with Gasteiger partial charge in [0.15, 0.2) is 5.40 Å². The van der Waals surface area contributed by atoms with E-state index in [0.717, 1.165) is 5.06 Å². The lowest BCUT2D eigenvalue weighted by Crippen LogP contribution is -2.30. The second-order valence-electron chi connectivity index (χ2n) is 3.31. The van der Waals surface area contributed by atoms with Gasteiger partial charge in [-0.05, 0) is 0 Å². The van der Waals surface area contributed by atoms with Gasteiger partial charge in [0, 0.05) is 18.9 Å². The maximum atomic E-state index is 10.9. The van der Waals surface area contributed by atoms with Gasteiger partial charge in [0.2, 0.25) is 0 Å². The van der Waals surface area contributed by atoms with Crippen molar-refractivity contribution in [1.29, 1.82) is 0 Å². The van der Waals surface area contributed by atoms with Crippen LogP contribution in [0.2, 0.25) is 0 Å². The Morgan fingerprint density at radius 1 is 1.12 bits per heavy atom. The van der Waals surface area contributed by atoms with Crippen LogP contribution in [0.5, 0.6) is 0 Å². The minimum atomic E-state index is -4.91. The van der Waals surface area contributed by atoms with E-state index in [4.69, 9.17) is 24.8 Å². The fraction of sp³-hybridized carbons (Fsp3) is 0.600. The monoisotopic (exact) mass is 274 g/mol. The van der Waals surface area contributed by atoms with Crippen molar-refractivity contribution < 1.29 is 33.9 Å². The molecule has 0 atom stereocenters. The number of hydroxylamine groups is 2. The van der Waals surface area contributed by atoms with Crippen LogP contribution in [0.15, 0.2) is 12.4 Å². The summed E-state index contributed by atoms with van der Waals surface area (Å²) in [4.78, 5) is 36.5. The summed E-state index contributed by atoms with van der Waals surface area (Å²) in [6.07, 6.45) is 2.48. The molecule has 0 bridgehead atoms. The Kier molecular flexibility index (Phi) is 3.81. The van der Waals surface area contributed by atoms with Gasteiger partial charge in [-0.15, -0.1) is 0 Å². The van der Waals surface area contributed by atoms with Gasteiger partial charge < -0.3 is 24.5 Å². The molecule has 1 aliphatic heterocycles. The molecule has 0 spiro atoms. The van der Waals surface area contributed by atoms with Crippen LogP contribution in [-0.4, -0.2) is 53.4 Å². The Morgan fingerprint density at radius 2 is 1.62 bits per heavy atom. The first-order valence-electron chi connectivity index (χ1n) is 4.09. The summed E-state index contributed by atoms with van der Waals surface area (Å²) in [7, 11) is -9.82. The van der Waals surface area contributed by atoms with Gasteiger partial charge in [0.1, 0.15) is 6.67 Å². The minimum absolute atomic E-state index is 0.101. The molecule has 1 rings (SSSR count). The highest BCUT2D eigenvalue weighted by Crippen LogP contribution is 2.60. The standard InChI is InChI=1S/C5H12N2O7P2/c8-7-2-1-6(4-7)3-5(15(9,10)11)16(12,13)14/h1-2,5,8H,3-4H2,(H2,9,10,11)(H2,12,13,14). The molecule has 0 aromatic carbocycles. The molecular weight excluding hydrogens is 262 g/mol. The van der Waals surface area contributed by atoms with Crippen LogP contribution >= 0.6 is 15.2 Å². The molecule has 9 nitrogen and oxygen atoms in total.